The van der Waals surface area contributed by atoms with Crippen LogP contribution in [0.25, 0.3) is 0 Å². The van der Waals surface area contributed by atoms with Gasteiger partial charge in [-0.3, -0.25) is 4.79 Å². The van der Waals surface area contributed by atoms with Crippen LogP contribution in [-0.4, -0.2) is 32.7 Å². The van der Waals surface area contributed by atoms with Crippen LogP contribution in [0.15, 0.2) is 60.7 Å². The third-order valence-corrected chi connectivity index (χ3v) is 4.77. The molecule has 31 heavy (non-hydrogen) atoms. The zero-order valence-corrected chi connectivity index (χ0v) is 19.2. The maximum absolute atomic E-state index is 12.6. The van der Waals surface area contributed by atoms with Gasteiger partial charge < -0.3 is 10.1 Å². The van der Waals surface area contributed by atoms with Gasteiger partial charge in [0.25, 0.3) is 0 Å². The smallest absolute Gasteiger partial charge is 0.226 e. The van der Waals surface area contributed by atoms with Crippen molar-refractivity contribution in [1.29, 1.82) is 0 Å². The first-order valence-corrected chi connectivity index (χ1v) is 10.1. The summed E-state index contributed by atoms with van der Waals surface area (Å²) in [5, 5.41) is 16.0. The second kappa shape index (κ2) is 11.0. The molecule has 1 amide bonds. The number of nitrogens with one attached hydrogen (secondary N) is 1. The van der Waals surface area contributed by atoms with Gasteiger partial charge in [-0.2, -0.15) is 4.80 Å². The van der Waals surface area contributed by atoms with Crippen LogP contribution in [0.4, 0.5) is 0 Å². The van der Waals surface area contributed by atoms with E-state index < -0.39 is 11.5 Å². The van der Waals surface area contributed by atoms with Crippen molar-refractivity contribution in [2.24, 2.45) is 5.41 Å². The Kier molecular flexibility index (Phi) is 8.71. The largest absolute Gasteiger partial charge is 0.374 e. The SMILES string of the molecule is CC(c1ccccc1)n1nnc([C@@H](COCc2ccccc2)NC(=O)C(C)(C)C)n1.Cl. The van der Waals surface area contributed by atoms with Crippen LogP contribution < -0.4 is 5.32 Å². The topological polar surface area (TPSA) is 81.9 Å². The molecule has 0 radical (unpaired) electrons. The van der Waals surface area contributed by atoms with E-state index in [1.807, 2.05) is 88.4 Å². The fourth-order valence-electron chi connectivity index (χ4n) is 2.83. The molecule has 0 saturated heterocycles. The summed E-state index contributed by atoms with van der Waals surface area (Å²) in [6.07, 6.45) is 0. The van der Waals surface area contributed by atoms with E-state index in [1.165, 1.54) is 0 Å². The average Bonchev–Trinajstić information content (AvgIpc) is 3.23. The van der Waals surface area contributed by atoms with Crippen LogP contribution in [0.2, 0.25) is 0 Å². The molecule has 0 spiro atoms. The standard InChI is InChI=1S/C23H29N5O2.ClH/c1-17(19-13-9-6-10-14-19)28-26-21(25-27-28)20(24-22(29)23(2,3)4)16-30-15-18-11-7-5-8-12-18;/h5-14,17,20H,15-16H2,1-4H3,(H,24,29);1H/t17?,20-;/m1./s1. The van der Waals surface area contributed by atoms with Crippen LogP contribution in [0.5, 0.6) is 0 Å². The van der Waals surface area contributed by atoms with E-state index in [0.717, 1.165) is 11.1 Å². The van der Waals surface area contributed by atoms with Gasteiger partial charge in [0.2, 0.25) is 5.91 Å². The molecule has 2 aromatic carbocycles. The van der Waals surface area contributed by atoms with Gasteiger partial charge in [0.15, 0.2) is 5.82 Å². The van der Waals surface area contributed by atoms with Crippen LogP contribution in [0, 0.1) is 5.41 Å². The minimum atomic E-state index is -0.537. The first kappa shape index (κ1) is 24.5. The number of halogens is 1. The second-order valence-electron chi connectivity index (χ2n) is 8.33. The molecule has 7 nitrogen and oxygen atoms in total. The minimum absolute atomic E-state index is 0. The molecular formula is C23H30ClN5O2. The molecule has 3 aromatic rings. The molecule has 0 aliphatic heterocycles. The lowest BCUT2D eigenvalue weighted by molar-refractivity contribution is -0.129. The molecule has 166 valence electrons. The Bertz CT molecular complexity index is 941. The van der Waals surface area contributed by atoms with Crippen molar-refractivity contribution in [3.05, 3.63) is 77.6 Å². The van der Waals surface area contributed by atoms with Gasteiger partial charge in [0, 0.05) is 5.41 Å². The van der Waals surface area contributed by atoms with Crippen LogP contribution >= 0.6 is 12.4 Å². The fourth-order valence-corrected chi connectivity index (χ4v) is 2.83. The number of nitrogens with zero attached hydrogens (tertiary/aromatic N) is 4. The van der Waals surface area contributed by atoms with E-state index in [9.17, 15) is 4.79 Å². The molecule has 8 heteroatoms. The summed E-state index contributed by atoms with van der Waals surface area (Å²) < 4.78 is 5.87. The number of aromatic nitrogens is 4. The van der Waals surface area contributed by atoms with Gasteiger partial charge >= 0.3 is 0 Å². The van der Waals surface area contributed by atoms with E-state index in [1.54, 1.807) is 4.80 Å². The summed E-state index contributed by atoms with van der Waals surface area (Å²) in [5.41, 5.74) is 1.61. The predicted octanol–water partition coefficient (Wildman–Crippen LogP) is 4.12. The predicted molar refractivity (Wildman–Crippen MR) is 122 cm³/mol. The number of carbonyl (C=O) groups excluding carboxylic acids is 1. The summed E-state index contributed by atoms with van der Waals surface area (Å²) in [6.45, 7) is 8.30. The maximum atomic E-state index is 12.6. The highest BCUT2D eigenvalue weighted by molar-refractivity contribution is 5.85. The zero-order valence-electron chi connectivity index (χ0n) is 18.4. The van der Waals surface area contributed by atoms with Gasteiger partial charge in [0.05, 0.1) is 19.3 Å². The minimum Gasteiger partial charge on any atom is -0.374 e. The van der Waals surface area contributed by atoms with Crippen molar-refractivity contribution >= 4 is 18.3 Å². The number of amides is 1. The quantitative estimate of drug-likeness (QED) is 0.566. The third kappa shape index (κ3) is 6.87. The monoisotopic (exact) mass is 443 g/mol. The van der Waals surface area contributed by atoms with Gasteiger partial charge in [-0.05, 0) is 23.3 Å². The lowest BCUT2D eigenvalue weighted by atomic mass is 9.95. The summed E-state index contributed by atoms with van der Waals surface area (Å²) in [5.74, 6) is 0.340. The van der Waals surface area contributed by atoms with Gasteiger partial charge in [0.1, 0.15) is 6.04 Å². The van der Waals surface area contributed by atoms with Gasteiger partial charge in [-0.25, -0.2) is 0 Å². The maximum Gasteiger partial charge on any atom is 0.226 e. The third-order valence-electron chi connectivity index (χ3n) is 4.77. The lowest BCUT2D eigenvalue weighted by Crippen LogP contribution is -2.39. The molecule has 1 heterocycles. The average molecular weight is 444 g/mol. The summed E-state index contributed by atoms with van der Waals surface area (Å²) in [7, 11) is 0. The summed E-state index contributed by atoms with van der Waals surface area (Å²) in [6, 6.07) is 19.3. The van der Waals surface area contributed by atoms with Crippen LogP contribution in [-0.2, 0) is 16.1 Å². The Hall–Kier alpha value is -2.77. The van der Waals surface area contributed by atoms with E-state index in [-0.39, 0.29) is 31.0 Å². The fraction of sp³-hybridized carbons (Fsp3) is 0.391. The van der Waals surface area contributed by atoms with Crippen molar-refractivity contribution in [1.82, 2.24) is 25.5 Å². The number of hydrogen-bond donors (Lipinski definition) is 1. The highest BCUT2D eigenvalue weighted by Crippen LogP contribution is 2.19. The molecule has 3 rings (SSSR count). The molecule has 0 fully saturated rings. The Labute approximate surface area is 189 Å². The molecule has 1 N–H and O–H groups in total. The lowest BCUT2D eigenvalue weighted by Gasteiger charge is -2.22. The molecule has 0 saturated carbocycles. The number of tetrazole rings is 1. The Morgan fingerprint density at radius 2 is 1.68 bits per heavy atom. The number of benzene rings is 2. The van der Waals surface area contributed by atoms with E-state index >= 15 is 0 Å². The summed E-state index contributed by atoms with van der Waals surface area (Å²) in [4.78, 5) is 14.2. The van der Waals surface area contributed by atoms with Crippen LogP contribution in [0.1, 0.15) is 56.7 Å². The molecular weight excluding hydrogens is 414 g/mol. The van der Waals surface area contributed by atoms with Crippen molar-refractivity contribution in [2.45, 2.75) is 46.4 Å². The van der Waals surface area contributed by atoms with E-state index in [2.05, 4.69) is 20.7 Å². The first-order chi connectivity index (χ1) is 14.3. The van der Waals surface area contributed by atoms with Gasteiger partial charge in [-0.1, -0.05) is 81.4 Å². The van der Waals surface area contributed by atoms with Crippen molar-refractivity contribution < 1.29 is 9.53 Å². The van der Waals surface area contributed by atoms with Crippen molar-refractivity contribution in [2.75, 3.05) is 6.61 Å². The highest BCUT2D eigenvalue weighted by Gasteiger charge is 2.27. The number of rotatable bonds is 8. The number of ether oxygens (including phenoxy) is 1. The second-order valence-corrected chi connectivity index (χ2v) is 8.33. The molecule has 1 unspecified atom stereocenters. The number of carbonyl (C=O) groups is 1. The van der Waals surface area contributed by atoms with E-state index in [4.69, 9.17) is 4.74 Å². The zero-order chi connectivity index (χ0) is 21.6. The van der Waals surface area contributed by atoms with Crippen molar-refractivity contribution in [3.8, 4) is 0 Å². The Morgan fingerprint density at radius 1 is 1.06 bits per heavy atom. The first-order valence-electron chi connectivity index (χ1n) is 10.1. The van der Waals surface area contributed by atoms with Crippen molar-refractivity contribution in [3.63, 3.8) is 0 Å². The van der Waals surface area contributed by atoms with Gasteiger partial charge in [-0.15, -0.1) is 22.6 Å². The van der Waals surface area contributed by atoms with Crippen LogP contribution in [0.3, 0.4) is 0 Å². The molecule has 2 atom stereocenters. The number of hydrogen-bond acceptors (Lipinski definition) is 5. The Balaban J connectivity index is 0.00000341. The molecule has 0 aliphatic carbocycles. The normalized spacial score (nSPS) is 13.2. The molecule has 1 aromatic heterocycles. The Morgan fingerprint density at radius 3 is 2.29 bits per heavy atom. The highest BCUT2D eigenvalue weighted by atomic mass is 35.5. The summed E-state index contributed by atoms with van der Waals surface area (Å²) >= 11 is 0. The molecule has 0 aliphatic rings. The van der Waals surface area contributed by atoms with E-state index in [0.29, 0.717) is 12.4 Å². The molecule has 0 bridgehead atoms.